The summed E-state index contributed by atoms with van der Waals surface area (Å²) in [7, 11) is 0. The lowest BCUT2D eigenvalue weighted by atomic mass is 10.0. The van der Waals surface area contributed by atoms with Gasteiger partial charge >= 0.3 is 5.69 Å². The third-order valence-electron chi connectivity index (χ3n) is 4.78. The van der Waals surface area contributed by atoms with Crippen molar-refractivity contribution in [2.24, 2.45) is 0 Å². The monoisotopic (exact) mass is 337 g/mol. The summed E-state index contributed by atoms with van der Waals surface area (Å²) in [6.45, 7) is 0.899. The van der Waals surface area contributed by atoms with Gasteiger partial charge in [0.15, 0.2) is 0 Å². The maximum atomic E-state index is 12.8. The number of aliphatic hydroxyl groups excluding tert-OH is 1. The number of carbonyl (C=O) groups is 1. The molecular weight excluding hydrogens is 318 g/mol. The predicted molar refractivity (Wildman–Crippen MR) is 94.0 cm³/mol. The van der Waals surface area contributed by atoms with E-state index in [9.17, 15) is 14.7 Å². The predicted octanol–water partition coefficient (Wildman–Crippen LogP) is 1.80. The van der Waals surface area contributed by atoms with Gasteiger partial charge in [-0.05, 0) is 29.7 Å². The standard InChI is InChI=1S/C19H19N3O3/c23-17-9-10-21(11-13-5-1-2-6-14(13)17)18(24)12-22-16-8-4-3-7-15(16)20-19(22)25/h1-8,17,23H,9-12H2,(H,20,25). The van der Waals surface area contributed by atoms with Crippen LogP contribution in [0.3, 0.4) is 0 Å². The van der Waals surface area contributed by atoms with Crippen LogP contribution in [0.15, 0.2) is 53.3 Å². The number of fused-ring (bicyclic) bond motifs is 2. The normalized spacial score (nSPS) is 17.3. The quantitative estimate of drug-likeness (QED) is 0.748. The van der Waals surface area contributed by atoms with Crippen LogP contribution in [0.4, 0.5) is 0 Å². The van der Waals surface area contributed by atoms with E-state index in [0.29, 0.717) is 19.5 Å². The molecule has 6 heteroatoms. The summed E-state index contributed by atoms with van der Waals surface area (Å²) in [5.74, 6) is -0.129. The molecule has 1 atom stereocenters. The number of para-hydroxylation sites is 2. The molecule has 2 aromatic carbocycles. The Balaban J connectivity index is 1.61. The van der Waals surface area contributed by atoms with Gasteiger partial charge in [0.1, 0.15) is 6.54 Å². The average molecular weight is 337 g/mol. The first-order valence-corrected chi connectivity index (χ1v) is 8.34. The zero-order chi connectivity index (χ0) is 17.4. The highest BCUT2D eigenvalue weighted by molar-refractivity contribution is 5.80. The van der Waals surface area contributed by atoms with Gasteiger partial charge in [-0.1, -0.05) is 36.4 Å². The van der Waals surface area contributed by atoms with Crippen molar-refractivity contribution in [3.05, 3.63) is 70.1 Å². The minimum absolute atomic E-state index is 0.0128. The maximum absolute atomic E-state index is 12.8. The second-order valence-electron chi connectivity index (χ2n) is 6.35. The van der Waals surface area contributed by atoms with E-state index >= 15 is 0 Å². The molecule has 128 valence electrons. The number of nitrogens with one attached hydrogen (secondary N) is 1. The van der Waals surface area contributed by atoms with Gasteiger partial charge < -0.3 is 15.0 Å². The number of hydrogen-bond donors (Lipinski definition) is 2. The number of nitrogens with zero attached hydrogens (tertiary/aromatic N) is 2. The molecule has 1 aliphatic rings. The lowest BCUT2D eigenvalue weighted by Crippen LogP contribution is -2.35. The van der Waals surface area contributed by atoms with Gasteiger partial charge in [-0.25, -0.2) is 4.79 Å². The number of hydrogen-bond acceptors (Lipinski definition) is 3. The van der Waals surface area contributed by atoms with Crippen molar-refractivity contribution in [1.82, 2.24) is 14.5 Å². The van der Waals surface area contributed by atoms with Gasteiger partial charge in [0.05, 0.1) is 17.1 Å². The van der Waals surface area contributed by atoms with Crippen LogP contribution < -0.4 is 5.69 Å². The second-order valence-corrected chi connectivity index (χ2v) is 6.35. The molecule has 1 aliphatic heterocycles. The van der Waals surface area contributed by atoms with Crippen molar-refractivity contribution in [1.29, 1.82) is 0 Å². The molecule has 0 bridgehead atoms. The summed E-state index contributed by atoms with van der Waals surface area (Å²) < 4.78 is 1.46. The molecule has 0 spiro atoms. The Kier molecular flexibility index (Phi) is 3.89. The number of aromatic nitrogens is 2. The first kappa shape index (κ1) is 15.7. The van der Waals surface area contributed by atoms with Crippen molar-refractivity contribution >= 4 is 16.9 Å². The van der Waals surface area contributed by atoms with E-state index < -0.39 is 6.10 Å². The SMILES string of the molecule is O=C(Cn1c(=O)[nH]c2ccccc21)N1CCC(O)c2ccccc2C1. The van der Waals surface area contributed by atoms with Crippen LogP contribution in [0, 0.1) is 0 Å². The molecule has 2 heterocycles. The van der Waals surface area contributed by atoms with E-state index in [4.69, 9.17) is 0 Å². The summed E-state index contributed by atoms with van der Waals surface area (Å²) >= 11 is 0. The minimum Gasteiger partial charge on any atom is -0.388 e. The van der Waals surface area contributed by atoms with E-state index in [-0.39, 0.29) is 18.1 Å². The zero-order valence-electron chi connectivity index (χ0n) is 13.7. The molecule has 0 saturated carbocycles. The Morgan fingerprint density at radius 3 is 2.80 bits per heavy atom. The molecule has 4 rings (SSSR count). The van der Waals surface area contributed by atoms with Crippen LogP contribution in [-0.4, -0.2) is 32.0 Å². The molecule has 2 N–H and O–H groups in total. The third-order valence-corrected chi connectivity index (χ3v) is 4.78. The van der Waals surface area contributed by atoms with Crippen molar-refractivity contribution in [2.75, 3.05) is 6.54 Å². The molecular formula is C19H19N3O3. The maximum Gasteiger partial charge on any atom is 0.326 e. The van der Waals surface area contributed by atoms with E-state index in [1.807, 2.05) is 48.5 Å². The number of imidazole rings is 1. The highest BCUT2D eigenvalue weighted by Crippen LogP contribution is 2.26. The number of H-pyrrole nitrogens is 1. The Morgan fingerprint density at radius 1 is 1.16 bits per heavy atom. The second kappa shape index (κ2) is 6.22. The number of carbonyl (C=O) groups excluding carboxylic acids is 1. The Hall–Kier alpha value is -2.86. The largest absolute Gasteiger partial charge is 0.388 e. The van der Waals surface area contributed by atoms with Crippen molar-refractivity contribution in [3.63, 3.8) is 0 Å². The van der Waals surface area contributed by atoms with Gasteiger partial charge in [0.25, 0.3) is 0 Å². The Bertz CT molecular complexity index is 989. The van der Waals surface area contributed by atoms with Gasteiger partial charge in [0.2, 0.25) is 5.91 Å². The van der Waals surface area contributed by atoms with Crippen LogP contribution in [0.2, 0.25) is 0 Å². The van der Waals surface area contributed by atoms with Gasteiger partial charge in [-0.15, -0.1) is 0 Å². The summed E-state index contributed by atoms with van der Waals surface area (Å²) in [5.41, 5.74) is 2.98. The fourth-order valence-electron chi connectivity index (χ4n) is 3.43. The van der Waals surface area contributed by atoms with Gasteiger partial charge in [-0.2, -0.15) is 0 Å². The molecule has 0 radical (unpaired) electrons. The van der Waals surface area contributed by atoms with Crippen molar-refractivity contribution < 1.29 is 9.90 Å². The fourth-order valence-corrected chi connectivity index (χ4v) is 3.43. The molecule has 0 saturated heterocycles. The number of rotatable bonds is 2. The summed E-state index contributed by atoms with van der Waals surface area (Å²) in [6, 6.07) is 15.0. The fraction of sp³-hybridized carbons (Fsp3) is 0.263. The molecule has 1 amide bonds. The van der Waals surface area contributed by atoms with Crippen molar-refractivity contribution in [3.8, 4) is 0 Å². The first-order chi connectivity index (χ1) is 12.1. The van der Waals surface area contributed by atoms with Crippen LogP contribution in [0.5, 0.6) is 0 Å². The Morgan fingerprint density at radius 2 is 1.92 bits per heavy atom. The van der Waals surface area contributed by atoms with Crippen LogP contribution in [0.1, 0.15) is 23.7 Å². The van der Waals surface area contributed by atoms with E-state index in [0.717, 1.165) is 22.2 Å². The first-order valence-electron chi connectivity index (χ1n) is 8.34. The number of aliphatic hydroxyl groups is 1. The van der Waals surface area contributed by atoms with Crippen molar-refractivity contribution in [2.45, 2.75) is 25.6 Å². The molecule has 1 unspecified atom stereocenters. The lowest BCUT2D eigenvalue weighted by Gasteiger charge is -2.21. The number of aromatic amines is 1. The molecule has 3 aromatic rings. The Labute approximate surface area is 144 Å². The van der Waals surface area contributed by atoms with E-state index in [1.165, 1.54) is 4.57 Å². The summed E-state index contributed by atoms with van der Waals surface area (Å²) in [6.07, 6.45) is -0.0734. The average Bonchev–Trinajstić information content (AvgIpc) is 2.83. The van der Waals surface area contributed by atoms with E-state index in [1.54, 1.807) is 4.90 Å². The highest BCUT2D eigenvalue weighted by Gasteiger charge is 2.24. The zero-order valence-corrected chi connectivity index (χ0v) is 13.7. The van der Waals surface area contributed by atoms with Crippen LogP contribution in [0.25, 0.3) is 11.0 Å². The summed E-state index contributed by atoms with van der Waals surface area (Å²) in [5, 5.41) is 10.3. The molecule has 0 aliphatic carbocycles. The topological polar surface area (TPSA) is 78.3 Å². The minimum atomic E-state index is -0.565. The van der Waals surface area contributed by atoms with Crippen LogP contribution >= 0.6 is 0 Å². The number of benzene rings is 2. The molecule has 1 aromatic heterocycles. The number of amides is 1. The molecule has 0 fully saturated rings. The molecule has 25 heavy (non-hydrogen) atoms. The smallest absolute Gasteiger partial charge is 0.326 e. The molecule has 6 nitrogen and oxygen atoms in total. The van der Waals surface area contributed by atoms with Crippen LogP contribution in [-0.2, 0) is 17.9 Å². The van der Waals surface area contributed by atoms with Gasteiger partial charge in [-0.3, -0.25) is 9.36 Å². The van der Waals surface area contributed by atoms with Gasteiger partial charge in [0, 0.05) is 13.1 Å². The highest BCUT2D eigenvalue weighted by atomic mass is 16.3. The van der Waals surface area contributed by atoms with E-state index in [2.05, 4.69) is 4.98 Å². The third kappa shape index (κ3) is 2.85. The summed E-state index contributed by atoms with van der Waals surface area (Å²) in [4.78, 5) is 29.5. The lowest BCUT2D eigenvalue weighted by molar-refractivity contribution is -0.132.